The van der Waals surface area contributed by atoms with Crippen LogP contribution in [-0.2, 0) is 14.2 Å². The zero-order chi connectivity index (χ0) is 12.8. The van der Waals surface area contributed by atoms with Crippen LogP contribution in [-0.4, -0.2) is 75.7 Å². The average Bonchev–Trinajstić information content (AvgIpc) is 2.35. The third kappa shape index (κ3) is 13.7. The molecule has 0 aliphatic heterocycles. The van der Waals surface area contributed by atoms with Gasteiger partial charge in [0.1, 0.15) is 0 Å². The second kappa shape index (κ2) is 13.8. The molecule has 0 aliphatic carbocycles. The summed E-state index contributed by atoms with van der Waals surface area (Å²) < 4.78 is 15.6. The van der Waals surface area contributed by atoms with E-state index in [2.05, 4.69) is 5.32 Å². The first-order valence-corrected chi connectivity index (χ1v) is 6.04. The molecule has 0 saturated heterocycles. The zero-order valence-corrected chi connectivity index (χ0v) is 10.6. The number of hydrogen-bond acceptors (Lipinski definition) is 6. The van der Waals surface area contributed by atoms with Crippen molar-refractivity contribution in [2.75, 3.05) is 59.3 Å². The van der Waals surface area contributed by atoms with E-state index in [1.165, 1.54) is 0 Å². The van der Waals surface area contributed by atoms with Gasteiger partial charge in [-0.1, -0.05) is 0 Å². The van der Waals surface area contributed by atoms with Crippen molar-refractivity contribution in [2.24, 2.45) is 0 Å². The van der Waals surface area contributed by atoms with Crippen molar-refractivity contribution in [2.45, 2.75) is 13.0 Å². The van der Waals surface area contributed by atoms with Gasteiger partial charge in [-0.2, -0.15) is 0 Å². The van der Waals surface area contributed by atoms with Crippen LogP contribution in [0.4, 0.5) is 0 Å². The fourth-order valence-electron chi connectivity index (χ4n) is 1.06. The fraction of sp³-hybridized carbons (Fsp3) is 1.00. The maximum atomic E-state index is 9.02. The van der Waals surface area contributed by atoms with Gasteiger partial charge in [0, 0.05) is 19.7 Å². The third-order valence-electron chi connectivity index (χ3n) is 1.96. The first-order valence-electron chi connectivity index (χ1n) is 6.04. The summed E-state index contributed by atoms with van der Waals surface area (Å²) in [5.74, 6) is 0. The van der Waals surface area contributed by atoms with Gasteiger partial charge in [0.05, 0.1) is 45.7 Å². The van der Waals surface area contributed by atoms with E-state index in [1.54, 1.807) is 0 Å². The summed E-state index contributed by atoms with van der Waals surface area (Å²) in [5.41, 5.74) is 0. The molecule has 6 nitrogen and oxygen atoms in total. The Morgan fingerprint density at radius 1 is 1.00 bits per heavy atom. The molecule has 6 heteroatoms. The Balaban J connectivity index is 2.94. The quantitative estimate of drug-likeness (QED) is 0.364. The van der Waals surface area contributed by atoms with E-state index in [1.807, 2.05) is 6.92 Å². The Bertz CT molecular complexity index is 148. The molecule has 1 atom stereocenters. The second-order valence-electron chi connectivity index (χ2n) is 3.46. The van der Waals surface area contributed by atoms with Crippen molar-refractivity contribution in [3.63, 3.8) is 0 Å². The van der Waals surface area contributed by atoms with Crippen LogP contribution in [0, 0.1) is 0 Å². The molecule has 0 aliphatic rings. The minimum atomic E-state index is -0.697. The van der Waals surface area contributed by atoms with Crippen molar-refractivity contribution in [3.8, 4) is 0 Å². The molecule has 0 fully saturated rings. The number of rotatable bonds is 13. The maximum Gasteiger partial charge on any atom is 0.0894 e. The number of hydrogen-bond donors (Lipinski definition) is 3. The Morgan fingerprint density at radius 2 is 1.59 bits per heavy atom. The monoisotopic (exact) mass is 251 g/mol. The van der Waals surface area contributed by atoms with Crippen LogP contribution in [0.1, 0.15) is 6.92 Å². The van der Waals surface area contributed by atoms with E-state index >= 15 is 0 Å². The number of ether oxygens (including phenoxy) is 3. The van der Waals surface area contributed by atoms with Gasteiger partial charge in [-0.05, 0) is 6.92 Å². The van der Waals surface area contributed by atoms with E-state index in [0.717, 1.165) is 0 Å². The fourth-order valence-corrected chi connectivity index (χ4v) is 1.06. The highest BCUT2D eigenvalue weighted by molar-refractivity contribution is 4.56. The van der Waals surface area contributed by atoms with Crippen molar-refractivity contribution >= 4 is 0 Å². The van der Waals surface area contributed by atoms with Crippen LogP contribution in [0.3, 0.4) is 0 Å². The molecule has 0 aromatic heterocycles. The summed E-state index contributed by atoms with van der Waals surface area (Å²) in [6.45, 7) is 6.36. The smallest absolute Gasteiger partial charge is 0.0894 e. The zero-order valence-electron chi connectivity index (χ0n) is 10.6. The predicted octanol–water partition coefficient (Wildman–Crippen LogP) is -1.00. The van der Waals surface area contributed by atoms with Gasteiger partial charge in [-0.15, -0.1) is 0 Å². The maximum absolute atomic E-state index is 9.02. The van der Waals surface area contributed by atoms with Crippen LogP contribution >= 0.6 is 0 Å². The highest BCUT2D eigenvalue weighted by Gasteiger charge is 1.99. The lowest BCUT2D eigenvalue weighted by atomic mass is 10.4. The normalized spacial score (nSPS) is 12.9. The molecule has 0 spiro atoms. The van der Waals surface area contributed by atoms with E-state index in [9.17, 15) is 0 Å². The summed E-state index contributed by atoms with van der Waals surface area (Å²) in [6, 6.07) is 0. The molecule has 0 saturated carbocycles. The third-order valence-corrected chi connectivity index (χ3v) is 1.96. The Morgan fingerprint density at radius 3 is 2.18 bits per heavy atom. The van der Waals surface area contributed by atoms with Crippen LogP contribution < -0.4 is 5.32 Å². The van der Waals surface area contributed by atoms with Crippen LogP contribution in [0.5, 0.6) is 0 Å². The number of nitrogens with one attached hydrogen (secondary N) is 1. The number of aliphatic hydroxyl groups is 2. The summed E-state index contributed by atoms with van der Waals surface area (Å²) >= 11 is 0. The topological polar surface area (TPSA) is 80.2 Å². The first kappa shape index (κ1) is 16.8. The van der Waals surface area contributed by atoms with E-state index in [4.69, 9.17) is 24.4 Å². The lowest BCUT2D eigenvalue weighted by Gasteiger charge is -2.09. The van der Waals surface area contributed by atoms with Crippen LogP contribution in [0.25, 0.3) is 0 Å². The summed E-state index contributed by atoms with van der Waals surface area (Å²) in [5, 5.41) is 20.5. The molecule has 0 aromatic carbocycles. The summed E-state index contributed by atoms with van der Waals surface area (Å²) in [6.07, 6.45) is -0.697. The molecule has 0 amide bonds. The van der Waals surface area contributed by atoms with Gasteiger partial charge in [0.2, 0.25) is 0 Å². The molecule has 0 radical (unpaired) electrons. The van der Waals surface area contributed by atoms with Gasteiger partial charge in [0.15, 0.2) is 0 Å². The molecule has 0 heterocycles. The van der Waals surface area contributed by atoms with Crippen LogP contribution in [0.15, 0.2) is 0 Å². The Labute approximate surface area is 103 Å². The molecule has 17 heavy (non-hydrogen) atoms. The van der Waals surface area contributed by atoms with E-state index in [-0.39, 0.29) is 6.61 Å². The van der Waals surface area contributed by atoms with Gasteiger partial charge in [-0.25, -0.2) is 0 Å². The SMILES string of the molecule is CCOCCOCCOCCNCC(O)CO. The van der Waals surface area contributed by atoms with Crippen molar-refractivity contribution < 1.29 is 24.4 Å². The molecule has 0 rings (SSSR count). The Hall–Kier alpha value is -0.240. The lowest BCUT2D eigenvalue weighted by molar-refractivity contribution is 0.0169. The lowest BCUT2D eigenvalue weighted by Crippen LogP contribution is -2.31. The largest absolute Gasteiger partial charge is 0.394 e. The number of aliphatic hydroxyl groups excluding tert-OH is 2. The van der Waals surface area contributed by atoms with E-state index < -0.39 is 6.10 Å². The van der Waals surface area contributed by atoms with E-state index in [0.29, 0.717) is 52.7 Å². The van der Waals surface area contributed by atoms with Gasteiger partial charge < -0.3 is 29.7 Å². The minimum absolute atomic E-state index is 0.221. The van der Waals surface area contributed by atoms with Crippen molar-refractivity contribution in [3.05, 3.63) is 0 Å². The standard InChI is InChI=1S/C11H25NO5/c1-2-15-5-6-17-8-7-16-4-3-12-9-11(14)10-13/h11-14H,2-10H2,1H3. The summed E-state index contributed by atoms with van der Waals surface area (Å²) in [7, 11) is 0. The van der Waals surface area contributed by atoms with Crippen molar-refractivity contribution in [1.82, 2.24) is 5.32 Å². The molecule has 0 bridgehead atoms. The molecule has 104 valence electrons. The van der Waals surface area contributed by atoms with Gasteiger partial charge in [-0.3, -0.25) is 0 Å². The predicted molar refractivity (Wildman–Crippen MR) is 64.1 cm³/mol. The second-order valence-corrected chi connectivity index (χ2v) is 3.46. The molecular weight excluding hydrogens is 226 g/mol. The summed E-state index contributed by atoms with van der Waals surface area (Å²) in [4.78, 5) is 0. The average molecular weight is 251 g/mol. The minimum Gasteiger partial charge on any atom is -0.394 e. The highest BCUT2D eigenvalue weighted by Crippen LogP contribution is 1.81. The Kier molecular flexibility index (Phi) is 13.6. The molecular formula is C11H25NO5. The molecule has 0 aromatic rings. The van der Waals surface area contributed by atoms with Gasteiger partial charge >= 0.3 is 0 Å². The highest BCUT2D eigenvalue weighted by atomic mass is 16.5. The van der Waals surface area contributed by atoms with Crippen LogP contribution in [0.2, 0.25) is 0 Å². The van der Waals surface area contributed by atoms with Crippen molar-refractivity contribution in [1.29, 1.82) is 0 Å². The molecule has 1 unspecified atom stereocenters. The first-order chi connectivity index (χ1) is 8.31. The molecule has 3 N–H and O–H groups in total. The van der Waals surface area contributed by atoms with Gasteiger partial charge in [0.25, 0.3) is 0 Å².